The molecule has 9 heteroatoms. The third kappa shape index (κ3) is 7.29. The van der Waals surface area contributed by atoms with Crippen LogP contribution in [0.1, 0.15) is 38.5 Å². The van der Waals surface area contributed by atoms with Crippen LogP contribution in [0.15, 0.2) is 85.6 Å². The highest BCUT2D eigenvalue weighted by atomic mass is 16.5. The van der Waals surface area contributed by atoms with Crippen LogP contribution >= 0.6 is 0 Å². The molecule has 1 saturated heterocycles. The average Bonchev–Trinajstić information content (AvgIpc) is 3.06. The fourth-order valence-corrected chi connectivity index (χ4v) is 6.29. The van der Waals surface area contributed by atoms with E-state index in [1.807, 2.05) is 48.9 Å². The van der Waals surface area contributed by atoms with Crippen molar-refractivity contribution in [3.8, 4) is 22.3 Å². The Morgan fingerprint density at radius 2 is 1.65 bits per heavy atom. The molecule has 2 aliphatic rings. The second kappa shape index (κ2) is 13.6. The second-order valence-corrected chi connectivity index (χ2v) is 11.4. The lowest BCUT2D eigenvalue weighted by molar-refractivity contribution is 0.187. The maximum Gasteiger partial charge on any atom is 0.411 e. The van der Waals surface area contributed by atoms with Crippen molar-refractivity contribution < 1.29 is 9.53 Å². The molecule has 1 saturated carbocycles. The summed E-state index contributed by atoms with van der Waals surface area (Å²) < 4.78 is 4.73. The number of ether oxygens (including phenoxy) is 1. The minimum Gasteiger partial charge on any atom is -0.453 e. The van der Waals surface area contributed by atoms with E-state index in [1.165, 1.54) is 38.5 Å². The molecule has 2 aromatic carbocycles. The monoisotopic (exact) mass is 577 g/mol. The summed E-state index contributed by atoms with van der Waals surface area (Å²) in [4.78, 5) is 27.1. The van der Waals surface area contributed by atoms with Crippen LogP contribution < -0.4 is 20.9 Å². The maximum atomic E-state index is 11.7. The van der Waals surface area contributed by atoms with Crippen molar-refractivity contribution in [2.24, 2.45) is 0 Å². The summed E-state index contributed by atoms with van der Waals surface area (Å²) in [5.41, 5.74) is 6.17. The smallest absolute Gasteiger partial charge is 0.411 e. The van der Waals surface area contributed by atoms with Gasteiger partial charge in [-0.05, 0) is 78.8 Å². The first-order valence-electron chi connectivity index (χ1n) is 15.2. The van der Waals surface area contributed by atoms with E-state index < -0.39 is 6.09 Å². The lowest BCUT2D eigenvalue weighted by Gasteiger charge is -2.40. The molecule has 1 aliphatic carbocycles. The number of anilines is 3. The Morgan fingerprint density at radius 1 is 0.860 bits per heavy atom. The lowest BCUT2D eigenvalue weighted by Crippen LogP contribution is -2.54. The Bertz CT molecular complexity index is 1500. The van der Waals surface area contributed by atoms with Gasteiger partial charge in [-0.15, -0.1) is 0 Å². The number of amides is 1. The number of benzene rings is 2. The Labute approximate surface area is 253 Å². The number of rotatable bonds is 8. The fourth-order valence-electron chi connectivity index (χ4n) is 6.29. The molecule has 3 unspecified atom stereocenters. The Kier molecular flexibility index (Phi) is 9.08. The normalized spacial score (nSPS) is 20.3. The number of nitrogens with zero attached hydrogens (tertiary/aromatic N) is 4. The summed E-state index contributed by atoms with van der Waals surface area (Å²) in [5.74, 6) is 0.872. The van der Waals surface area contributed by atoms with Crippen LogP contribution in [0.2, 0.25) is 0 Å². The molecular formula is C34H39N7O2. The zero-order valence-corrected chi connectivity index (χ0v) is 24.6. The fraction of sp³-hybridized carbons (Fsp3) is 0.353. The van der Waals surface area contributed by atoms with Gasteiger partial charge in [-0.2, -0.15) is 0 Å². The van der Waals surface area contributed by atoms with E-state index in [-0.39, 0.29) is 0 Å². The van der Waals surface area contributed by atoms with Crippen LogP contribution in [0.5, 0.6) is 0 Å². The Hall–Kier alpha value is -4.50. The molecule has 222 valence electrons. The van der Waals surface area contributed by atoms with E-state index in [2.05, 4.69) is 66.1 Å². The van der Waals surface area contributed by atoms with Gasteiger partial charge in [0.15, 0.2) is 0 Å². The number of aromatic nitrogens is 3. The van der Waals surface area contributed by atoms with E-state index in [9.17, 15) is 4.79 Å². The number of piperidine rings is 1. The van der Waals surface area contributed by atoms with E-state index in [1.54, 1.807) is 6.33 Å². The third-order valence-electron chi connectivity index (χ3n) is 8.48. The maximum absolute atomic E-state index is 11.7. The minimum atomic E-state index is -0.484. The number of methoxy groups -OCH3 is 1. The standard InChI is InChI=1S/C34H39N7O2/c1-43-34(42)39-28-7-4-6-25(18-28)26-15-16-37-33(19-26)40-32-10-3-2-9-31(32)38-29-8-5-17-41(22-29)30-13-11-24(12-14-30)27-20-35-23-36-21-27/h4,6-7,11-16,18-21,23,29,31-32,38H,2-3,5,8-10,17,22H2,1H3,(H,37,40)(H,39,42). The Balaban J connectivity index is 1.09. The van der Waals surface area contributed by atoms with E-state index in [0.717, 1.165) is 54.0 Å². The quantitative estimate of drug-likeness (QED) is 0.222. The lowest BCUT2D eigenvalue weighted by atomic mass is 9.89. The van der Waals surface area contributed by atoms with Crippen LogP contribution in [0.3, 0.4) is 0 Å². The van der Waals surface area contributed by atoms with Crippen LogP contribution in [-0.4, -0.2) is 59.4 Å². The zero-order chi connectivity index (χ0) is 29.4. The van der Waals surface area contributed by atoms with Crippen molar-refractivity contribution in [3.05, 3.63) is 85.6 Å². The molecule has 2 aromatic heterocycles. The van der Waals surface area contributed by atoms with Crippen molar-refractivity contribution in [1.29, 1.82) is 0 Å². The van der Waals surface area contributed by atoms with Gasteiger partial charge < -0.3 is 20.3 Å². The van der Waals surface area contributed by atoms with Crippen molar-refractivity contribution in [3.63, 3.8) is 0 Å². The number of carbonyl (C=O) groups is 1. The van der Waals surface area contributed by atoms with Crippen molar-refractivity contribution in [2.45, 2.75) is 56.7 Å². The largest absolute Gasteiger partial charge is 0.453 e. The molecule has 9 nitrogen and oxygen atoms in total. The summed E-state index contributed by atoms with van der Waals surface area (Å²) in [6.45, 7) is 2.08. The summed E-state index contributed by atoms with van der Waals surface area (Å²) in [7, 11) is 1.36. The molecule has 1 amide bonds. The molecule has 0 radical (unpaired) electrons. The highest BCUT2D eigenvalue weighted by molar-refractivity contribution is 5.86. The molecule has 2 fully saturated rings. The number of hydrogen-bond acceptors (Lipinski definition) is 8. The molecule has 0 bridgehead atoms. The first kappa shape index (κ1) is 28.6. The first-order valence-corrected chi connectivity index (χ1v) is 15.2. The topological polar surface area (TPSA) is 104 Å². The molecule has 43 heavy (non-hydrogen) atoms. The van der Waals surface area contributed by atoms with Gasteiger partial charge in [0, 0.05) is 66.7 Å². The molecule has 3 N–H and O–H groups in total. The van der Waals surface area contributed by atoms with Crippen molar-refractivity contribution >= 4 is 23.3 Å². The minimum absolute atomic E-state index is 0.312. The van der Waals surface area contributed by atoms with Crippen LogP contribution in [0.25, 0.3) is 22.3 Å². The van der Waals surface area contributed by atoms with Gasteiger partial charge in [0.2, 0.25) is 0 Å². The summed E-state index contributed by atoms with van der Waals surface area (Å²) in [5, 5.41) is 10.5. The van der Waals surface area contributed by atoms with Crippen molar-refractivity contribution in [2.75, 3.05) is 35.7 Å². The predicted molar refractivity (Wildman–Crippen MR) is 171 cm³/mol. The van der Waals surface area contributed by atoms with Crippen LogP contribution in [0.4, 0.5) is 22.0 Å². The second-order valence-electron chi connectivity index (χ2n) is 11.4. The first-order chi connectivity index (χ1) is 21.1. The van der Waals surface area contributed by atoms with Crippen LogP contribution in [-0.2, 0) is 4.74 Å². The summed E-state index contributed by atoms with van der Waals surface area (Å²) >= 11 is 0. The third-order valence-corrected chi connectivity index (χ3v) is 8.48. The van der Waals surface area contributed by atoms with Gasteiger partial charge in [-0.3, -0.25) is 5.32 Å². The van der Waals surface area contributed by atoms with Gasteiger partial charge in [0.1, 0.15) is 12.1 Å². The SMILES string of the molecule is COC(=O)Nc1cccc(-c2ccnc(NC3CCCCC3NC3CCCN(c4ccc(-c5cncnc5)cc4)C3)c2)c1. The summed E-state index contributed by atoms with van der Waals surface area (Å²) in [6, 6.07) is 21.7. The van der Waals surface area contributed by atoms with E-state index in [0.29, 0.717) is 23.8 Å². The number of nitrogens with one attached hydrogen (secondary N) is 3. The highest BCUT2D eigenvalue weighted by Crippen LogP contribution is 2.29. The van der Waals surface area contributed by atoms with Gasteiger partial charge >= 0.3 is 6.09 Å². The number of carbonyl (C=O) groups excluding carboxylic acids is 1. The molecule has 3 atom stereocenters. The van der Waals surface area contributed by atoms with Gasteiger partial charge in [-0.1, -0.05) is 37.1 Å². The molecule has 4 aromatic rings. The van der Waals surface area contributed by atoms with Gasteiger partial charge in [0.25, 0.3) is 0 Å². The Morgan fingerprint density at radius 3 is 2.47 bits per heavy atom. The summed E-state index contributed by atoms with van der Waals surface area (Å²) in [6.07, 6.45) is 13.7. The molecule has 6 rings (SSSR count). The molecule has 1 aliphatic heterocycles. The predicted octanol–water partition coefficient (Wildman–Crippen LogP) is 6.37. The van der Waals surface area contributed by atoms with E-state index in [4.69, 9.17) is 4.74 Å². The molecule has 3 heterocycles. The zero-order valence-electron chi connectivity index (χ0n) is 24.6. The molecular weight excluding hydrogens is 538 g/mol. The number of pyridine rings is 1. The average molecular weight is 578 g/mol. The van der Waals surface area contributed by atoms with E-state index >= 15 is 0 Å². The van der Waals surface area contributed by atoms with Crippen molar-refractivity contribution in [1.82, 2.24) is 20.3 Å². The van der Waals surface area contributed by atoms with Gasteiger partial charge in [-0.25, -0.2) is 19.7 Å². The van der Waals surface area contributed by atoms with Crippen LogP contribution in [0, 0.1) is 0 Å². The van der Waals surface area contributed by atoms with Gasteiger partial charge in [0.05, 0.1) is 7.11 Å². The number of hydrogen-bond donors (Lipinski definition) is 3. The highest BCUT2D eigenvalue weighted by Gasteiger charge is 2.29. The molecule has 0 spiro atoms.